The van der Waals surface area contributed by atoms with Crippen LogP contribution in [0.4, 0.5) is 0 Å². The van der Waals surface area contributed by atoms with Gasteiger partial charge >= 0.3 is 0 Å². The van der Waals surface area contributed by atoms with Crippen LogP contribution in [0, 0.1) is 0 Å². The Balaban J connectivity index is 1.71. The topological polar surface area (TPSA) is 68.3 Å². The maximum Gasteiger partial charge on any atom is 0.240 e. The highest BCUT2D eigenvalue weighted by Crippen LogP contribution is 2.23. The Hall–Kier alpha value is -2.22. The number of hydrogen-bond acceptors (Lipinski definition) is 5. The van der Waals surface area contributed by atoms with Crippen LogP contribution in [0.5, 0.6) is 5.75 Å². The lowest BCUT2D eigenvalue weighted by molar-refractivity contribution is 0.340. The summed E-state index contributed by atoms with van der Waals surface area (Å²) in [4.78, 5) is 5.59. The lowest BCUT2D eigenvalue weighted by Gasteiger charge is -2.09. The summed E-state index contributed by atoms with van der Waals surface area (Å²) in [6, 6.07) is 14.0. The highest BCUT2D eigenvalue weighted by atomic mass is 32.2. The van der Waals surface area contributed by atoms with Crippen molar-refractivity contribution in [2.24, 2.45) is 0 Å². The van der Waals surface area contributed by atoms with Crippen molar-refractivity contribution in [2.75, 3.05) is 6.61 Å². The lowest BCUT2D eigenvalue weighted by Crippen LogP contribution is -2.23. The minimum Gasteiger partial charge on any atom is -0.494 e. The van der Waals surface area contributed by atoms with E-state index in [9.17, 15) is 8.42 Å². The molecule has 0 aliphatic carbocycles. The third-order valence-electron chi connectivity index (χ3n) is 3.51. The van der Waals surface area contributed by atoms with Crippen LogP contribution >= 0.6 is 11.3 Å². The van der Waals surface area contributed by atoms with Crippen molar-refractivity contribution >= 4 is 21.4 Å². The summed E-state index contributed by atoms with van der Waals surface area (Å²) < 4.78 is 32.8. The Labute approximate surface area is 151 Å². The Morgan fingerprint density at radius 2 is 1.96 bits per heavy atom. The summed E-state index contributed by atoms with van der Waals surface area (Å²) in [7, 11) is -3.58. The van der Waals surface area contributed by atoms with E-state index in [1.54, 1.807) is 35.7 Å². The molecule has 0 fully saturated rings. The van der Waals surface area contributed by atoms with Crippen molar-refractivity contribution < 1.29 is 13.2 Å². The zero-order valence-corrected chi connectivity index (χ0v) is 15.3. The SMILES string of the molecule is CCOc1ccc(S(=O)(=O)NCc2ccnc(-c3cccs3)c2)cc1. The van der Waals surface area contributed by atoms with Crippen molar-refractivity contribution in [3.05, 3.63) is 65.7 Å². The summed E-state index contributed by atoms with van der Waals surface area (Å²) in [5, 5.41) is 1.98. The van der Waals surface area contributed by atoms with Gasteiger partial charge < -0.3 is 4.74 Å². The van der Waals surface area contributed by atoms with Gasteiger partial charge in [-0.25, -0.2) is 13.1 Å². The molecule has 0 atom stereocenters. The van der Waals surface area contributed by atoms with Gasteiger partial charge in [0.1, 0.15) is 5.75 Å². The van der Waals surface area contributed by atoms with Gasteiger partial charge in [-0.2, -0.15) is 0 Å². The fourth-order valence-corrected chi connectivity index (χ4v) is 4.00. The predicted octanol–water partition coefficient (Wildman–Crippen LogP) is 3.69. The molecule has 130 valence electrons. The van der Waals surface area contributed by atoms with E-state index < -0.39 is 10.0 Å². The van der Waals surface area contributed by atoms with Crippen LogP contribution in [0.15, 0.2) is 65.0 Å². The van der Waals surface area contributed by atoms with Crippen LogP contribution in [0.2, 0.25) is 0 Å². The van der Waals surface area contributed by atoms with E-state index in [1.165, 1.54) is 12.1 Å². The number of ether oxygens (including phenoxy) is 1. The van der Waals surface area contributed by atoms with Crippen molar-refractivity contribution in [1.82, 2.24) is 9.71 Å². The first kappa shape index (κ1) is 17.6. The van der Waals surface area contributed by atoms with Gasteiger partial charge in [-0.3, -0.25) is 4.98 Å². The van der Waals surface area contributed by atoms with Crippen molar-refractivity contribution in [2.45, 2.75) is 18.4 Å². The molecule has 0 saturated carbocycles. The second kappa shape index (κ2) is 7.77. The van der Waals surface area contributed by atoms with E-state index in [2.05, 4.69) is 9.71 Å². The minimum absolute atomic E-state index is 0.205. The molecule has 0 bridgehead atoms. The number of thiophene rings is 1. The number of aromatic nitrogens is 1. The van der Waals surface area contributed by atoms with Gasteiger partial charge in [0.05, 0.1) is 22.1 Å². The third kappa shape index (κ3) is 4.45. The zero-order valence-electron chi connectivity index (χ0n) is 13.7. The molecular formula is C18H18N2O3S2. The van der Waals surface area contributed by atoms with Crippen molar-refractivity contribution in [1.29, 1.82) is 0 Å². The molecule has 7 heteroatoms. The number of sulfonamides is 1. The summed E-state index contributed by atoms with van der Waals surface area (Å²) in [6.45, 7) is 2.63. The van der Waals surface area contributed by atoms with Gasteiger partial charge in [0.15, 0.2) is 0 Å². The molecule has 1 N–H and O–H groups in total. The molecule has 25 heavy (non-hydrogen) atoms. The monoisotopic (exact) mass is 374 g/mol. The summed E-state index contributed by atoms with van der Waals surface area (Å²) in [5.41, 5.74) is 1.70. The molecule has 0 aliphatic rings. The minimum atomic E-state index is -3.58. The molecule has 0 aliphatic heterocycles. The van der Waals surface area contributed by atoms with E-state index in [-0.39, 0.29) is 11.4 Å². The Morgan fingerprint density at radius 3 is 2.64 bits per heavy atom. The zero-order chi connectivity index (χ0) is 17.7. The molecule has 0 unspecified atom stereocenters. The van der Waals surface area contributed by atoms with E-state index in [4.69, 9.17) is 4.74 Å². The molecule has 3 aromatic rings. The smallest absolute Gasteiger partial charge is 0.240 e. The Kier molecular flexibility index (Phi) is 5.47. The Morgan fingerprint density at radius 1 is 1.16 bits per heavy atom. The van der Waals surface area contributed by atoms with Crippen LogP contribution in [-0.4, -0.2) is 20.0 Å². The number of benzene rings is 1. The quantitative estimate of drug-likeness (QED) is 0.685. The van der Waals surface area contributed by atoms with Gasteiger partial charge in [-0.1, -0.05) is 6.07 Å². The lowest BCUT2D eigenvalue weighted by atomic mass is 10.2. The molecule has 3 rings (SSSR count). The number of nitrogens with zero attached hydrogens (tertiary/aromatic N) is 1. The van der Waals surface area contributed by atoms with Crippen LogP contribution in [-0.2, 0) is 16.6 Å². The highest BCUT2D eigenvalue weighted by Gasteiger charge is 2.14. The van der Waals surface area contributed by atoms with Crippen molar-refractivity contribution in [3.63, 3.8) is 0 Å². The van der Waals surface area contributed by atoms with Crippen molar-refractivity contribution in [3.8, 4) is 16.3 Å². The molecule has 0 radical (unpaired) electrons. The molecule has 0 spiro atoms. The molecule has 0 saturated heterocycles. The fraction of sp³-hybridized carbons (Fsp3) is 0.167. The van der Waals surface area contributed by atoms with Crippen LogP contribution in [0.3, 0.4) is 0 Å². The van der Waals surface area contributed by atoms with Gasteiger partial charge in [0.25, 0.3) is 0 Å². The van der Waals surface area contributed by atoms with Crippen LogP contribution in [0.25, 0.3) is 10.6 Å². The van der Waals surface area contributed by atoms with E-state index in [0.29, 0.717) is 12.4 Å². The molecule has 2 heterocycles. The van der Waals surface area contributed by atoms with Gasteiger partial charge in [-0.05, 0) is 60.3 Å². The average Bonchev–Trinajstić information content (AvgIpc) is 3.16. The standard InChI is InChI=1S/C18H18N2O3S2/c1-2-23-15-5-7-16(8-6-15)25(21,22)20-13-14-9-10-19-17(12-14)18-4-3-11-24-18/h3-12,20H,2,13H2,1H3. The molecular weight excluding hydrogens is 356 g/mol. The normalized spacial score (nSPS) is 11.4. The van der Waals surface area contributed by atoms with Gasteiger partial charge in [0.2, 0.25) is 10.0 Å². The highest BCUT2D eigenvalue weighted by molar-refractivity contribution is 7.89. The fourth-order valence-electron chi connectivity index (χ4n) is 2.29. The molecule has 5 nitrogen and oxygen atoms in total. The van der Waals surface area contributed by atoms with Crippen LogP contribution in [0.1, 0.15) is 12.5 Å². The summed E-state index contributed by atoms with van der Waals surface area (Å²) >= 11 is 1.60. The van der Waals surface area contributed by atoms with Crippen LogP contribution < -0.4 is 9.46 Å². The molecule has 2 aromatic heterocycles. The first-order valence-corrected chi connectivity index (χ1v) is 10.2. The van der Waals surface area contributed by atoms with E-state index in [0.717, 1.165) is 16.1 Å². The predicted molar refractivity (Wildman–Crippen MR) is 99.2 cm³/mol. The van der Waals surface area contributed by atoms with Gasteiger partial charge in [-0.15, -0.1) is 11.3 Å². The first-order valence-electron chi connectivity index (χ1n) is 7.80. The Bertz CT molecular complexity index is 921. The number of pyridine rings is 1. The molecule has 0 amide bonds. The van der Waals surface area contributed by atoms with Gasteiger partial charge in [0, 0.05) is 12.7 Å². The number of nitrogens with one attached hydrogen (secondary N) is 1. The second-order valence-electron chi connectivity index (χ2n) is 5.26. The third-order valence-corrected chi connectivity index (χ3v) is 5.82. The first-order chi connectivity index (χ1) is 12.1. The largest absolute Gasteiger partial charge is 0.494 e. The van der Waals surface area contributed by atoms with E-state index >= 15 is 0 Å². The number of rotatable bonds is 7. The number of hydrogen-bond donors (Lipinski definition) is 1. The summed E-state index contributed by atoms with van der Waals surface area (Å²) in [6.07, 6.45) is 1.69. The maximum absolute atomic E-state index is 12.4. The second-order valence-corrected chi connectivity index (χ2v) is 7.97. The maximum atomic E-state index is 12.4. The molecule has 1 aromatic carbocycles. The summed E-state index contributed by atoms with van der Waals surface area (Å²) in [5.74, 6) is 0.649. The van der Waals surface area contributed by atoms with E-state index in [1.807, 2.05) is 30.5 Å². The average molecular weight is 374 g/mol.